The summed E-state index contributed by atoms with van der Waals surface area (Å²) in [5, 5.41) is 11.4. The minimum atomic E-state index is 0.322. The van der Waals surface area contributed by atoms with E-state index in [2.05, 4.69) is 50.0 Å². The second kappa shape index (κ2) is 7.00. The lowest BCUT2D eigenvalue weighted by Gasteiger charge is -2.16. The van der Waals surface area contributed by atoms with Gasteiger partial charge in [-0.1, -0.05) is 30.3 Å². The van der Waals surface area contributed by atoms with Crippen LogP contribution in [0.2, 0.25) is 0 Å². The predicted octanol–water partition coefficient (Wildman–Crippen LogP) is 2.11. The van der Waals surface area contributed by atoms with E-state index in [1.165, 1.54) is 11.1 Å². The molecule has 0 bridgehead atoms. The topological polar surface area (TPSA) is 67.1 Å². The van der Waals surface area contributed by atoms with E-state index in [0.29, 0.717) is 23.7 Å². The van der Waals surface area contributed by atoms with Gasteiger partial charge < -0.3 is 10.6 Å². The molecule has 3 heterocycles. The molecule has 0 amide bonds. The lowest BCUT2D eigenvalue weighted by molar-refractivity contribution is 0.767. The lowest BCUT2D eigenvalue weighted by Crippen LogP contribution is -2.21. The predicted molar refractivity (Wildman–Crippen MR) is 111 cm³/mol. The van der Waals surface area contributed by atoms with Crippen LogP contribution in [0.3, 0.4) is 0 Å². The molecule has 136 valence electrons. The molecule has 2 radical (unpaired) electrons. The van der Waals surface area contributed by atoms with Crippen molar-refractivity contribution >= 4 is 30.6 Å². The highest BCUT2D eigenvalue weighted by Gasteiger charge is 2.21. The lowest BCUT2D eigenvalue weighted by atomic mass is 10.0. The third kappa shape index (κ3) is 3.20. The Bertz CT molecular complexity index is 1100. The van der Waals surface area contributed by atoms with Crippen LogP contribution in [0.15, 0.2) is 61.1 Å². The maximum absolute atomic E-state index is 6.09. The molecule has 3 aromatic heterocycles. The number of benzene rings is 1. The molecular formula is C21H19BN6. The van der Waals surface area contributed by atoms with Crippen molar-refractivity contribution in [2.45, 2.75) is 25.4 Å². The first kappa shape index (κ1) is 16.8. The molecular weight excluding hydrogens is 347 g/mol. The zero-order chi connectivity index (χ0) is 18.9. The molecule has 6 nitrogen and oxygen atoms in total. The third-order valence-corrected chi connectivity index (χ3v) is 5.10. The number of hydrogen-bond acceptors (Lipinski definition) is 5. The number of hydrogen-bond donors (Lipinski definition) is 2. The molecule has 0 saturated carbocycles. The SMILES string of the molecule is [B]c1cnn2c(NCc3cccnc3)cc(NC3Cc4ccccc4C3)nc12. The molecule has 0 aliphatic heterocycles. The molecule has 0 saturated heterocycles. The molecule has 0 fully saturated rings. The highest BCUT2D eigenvalue weighted by Crippen LogP contribution is 2.25. The Labute approximate surface area is 164 Å². The Balaban J connectivity index is 1.41. The monoisotopic (exact) mass is 366 g/mol. The van der Waals surface area contributed by atoms with Crippen molar-refractivity contribution in [3.8, 4) is 0 Å². The Morgan fingerprint density at radius 1 is 1.07 bits per heavy atom. The van der Waals surface area contributed by atoms with E-state index in [1.807, 2.05) is 24.4 Å². The minimum Gasteiger partial charge on any atom is -0.366 e. The number of nitrogens with one attached hydrogen (secondary N) is 2. The summed E-state index contributed by atoms with van der Waals surface area (Å²) in [6.07, 6.45) is 7.24. The van der Waals surface area contributed by atoms with Crippen molar-refractivity contribution in [1.82, 2.24) is 19.6 Å². The Hall–Kier alpha value is -3.35. The molecule has 5 rings (SSSR count). The summed E-state index contributed by atoms with van der Waals surface area (Å²) < 4.78 is 1.74. The van der Waals surface area contributed by atoms with Crippen LogP contribution in [-0.4, -0.2) is 33.5 Å². The summed E-state index contributed by atoms with van der Waals surface area (Å²) in [5.74, 6) is 1.63. The molecule has 7 heteroatoms. The standard InChI is InChI=1S/C21H19BN6/c22-18-13-25-28-20(24-12-14-4-3-7-23-11-14)10-19(27-21(18)28)26-17-8-15-5-1-2-6-16(15)9-17/h1-7,10-11,13,17,24H,8-9,12H2,(H,26,27). The van der Waals surface area contributed by atoms with Crippen LogP contribution in [0, 0.1) is 0 Å². The van der Waals surface area contributed by atoms with Crippen molar-refractivity contribution < 1.29 is 0 Å². The highest BCUT2D eigenvalue weighted by molar-refractivity contribution is 6.36. The van der Waals surface area contributed by atoms with Crippen molar-refractivity contribution in [3.05, 3.63) is 77.7 Å². The van der Waals surface area contributed by atoms with E-state index in [1.54, 1.807) is 16.9 Å². The van der Waals surface area contributed by atoms with E-state index in [4.69, 9.17) is 7.85 Å². The normalized spacial score (nSPS) is 13.6. The van der Waals surface area contributed by atoms with Crippen LogP contribution >= 0.6 is 0 Å². The zero-order valence-corrected chi connectivity index (χ0v) is 15.3. The molecule has 4 aromatic rings. The van der Waals surface area contributed by atoms with Crippen LogP contribution in [0.1, 0.15) is 16.7 Å². The first-order valence-corrected chi connectivity index (χ1v) is 9.36. The van der Waals surface area contributed by atoms with E-state index >= 15 is 0 Å². The number of aromatic nitrogens is 4. The van der Waals surface area contributed by atoms with Gasteiger partial charge >= 0.3 is 0 Å². The van der Waals surface area contributed by atoms with Gasteiger partial charge in [-0.2, -0.15) is 9.61 Å². The summed E-state index contributed by atoms with van der Waals surface area (Å²) >= 11 is 0. The minimum absolute atomic E-state index is 0.322. The highest BCUT2D eigenvalue weighted by atomic mass is 15.3. The molecule has 0 unspecified atom stereocenters. The molecule has 0 atom stereocenters. The molecule has 2 N–H and O–H groups in total. The van der Waals surface area contributed by atoms with E-state index in [0.717, 1.165) is 30.0 Å². The van der Waals surface area contributed by atoms with Crippen molar-refractivity contribution in [2.75, 3.05) is 10.6 Å². The van der Waals surface area contributed by atoms with Crippen molar-refractivity contribution in [1.29, 1.82) is 0 Å². The van der Waals surface area contributed by atoms with Gasteiger partial charge in [0.15, 0.2) is 5.65 Å². The molecule has 1 aliphatic rings. The smallest absolute Gasteiger partial charge is 0.152 e. The van der Waals surface area contributed by atoms with Crippen LogP contribution in [0.5, 0.6) is 0 Å². The van der Waals surface area contributed by atoms with E-state index in [-0.39, 0.29) is 0 Å². The van der Waals surface area contributed by atoms with Gasteiger partial charge in [-0.15, -0.1) is 0 Å². The largest absolute Gasteiger partial charge is 0.366 e. The van der Waals surface area contributed by atoms with Crippen molar-refractivity contribution in [3.63, 3.8) is 0 Å². The van der Waals surface area contributed by atoms with Gasteiger partial charge in [0, 0.05) is 37.2 Å². The van der Waals surface area contributed by atoms with E-state index < -0.39 is 0 Å². The molecule has 1 aliphatic carbocycles. The zero-order valence-electron chi connectivity index (χ0n) is 15.3. The van der Waals surface area contributed by atoms with Gasteiger partial charge in [0.05, 0.1) is 0 Å². The molecule has 0 spiro atoms. The fourth-order valence-electron chi connectivity index (χ4n) is 3.75. The Morgan fingerprint density at radius 2 is 1.89 bits per heavy atom. The maximum atomic E-state index is 6.09. The summed E-state index contributed by atoms with van der Waals surface area (Å²) in [6.45, 7) is 0.640. The van der Waals surface area contributed by atoms with Gasteiger partial charge in [-0.25, -0.2) is 4.98 Å². The average molecular weight is 366 g/mol. The number of rotatable bonds is 5. The number of fused-ring (bicyclic) bond motifs is 2. The number of nitrogens with zero attached hydrogens (tertiary/aromatic N) is 4. The second-order valence-electron chi connectivity index (χ2n) is 7.09. The van der Waals surface area contributed by atoms with Crippen LogP contribution in [0.4, 0.5) is 11.6 Å². The van der Waals surface area contributed by atoms with Gasteiger partial charge in [0.2, 0.25) is 0 Å². The summed E-state index contributed by atoms with van der Waals surface area (Å²) in [7, 11) is 6.09. The molecule has 28 heavy (non-hydrogen) atoms. The Kier molecular flexibility index (Phi) is 4.20. The Morgan fingerprint density at radius 3 is 2.64 bits per heavy atom. The maximum Gasteiger partial charge on any atom is 0.152 e. The van der Waals surface area contributed by atoms with Crippen LogP contribution in [-0.2, 0) is 19.4 Å². The fraction of sp³-hybridized carbons (Fsp3) is 0.190. The number of pyridine rings is 1. The van der Waals surface area contributed by atoms with E-state index in [9.17, 15) is 0 Å². The second-order valence-corrected chi connectivity index (χ2v) is 7.09. The summed E-state index contributed by atoms with van der Waals surface area (Å²) in [5.41, 5.74) is 5.10. The fourth-order valence-corrected chi connectivity index (χ4v) is 3.75. The summed E-state index contributed by atoms with van der Waals surface area (Å²) in [6, 6.07) is 14.9. The quantitative estimate of drug-likeness (QED) is 0.530. The van der Waals surface area contributed by atoms with Gasteiger partial charge in [-0.3, -0.25) is 4.98 Å². The van der Waals surface area contributed by atoms with Gasteiger partial charge in [-0.05, 0) is 41.1 Å². The third-order valence-electron chi connectivity index (χ3n) is 5.10. The number of anilines is 2. The summed E-state index contributed by atoms with van der Waals surface area (Å²) in [4.78, 5) is 8.85. The van der Waals surface area contributed by atoms with Crippen LogP contribution in [0.25, 0.3) is 5.65 Å². The van der Waals surface area contributed by atoms with Gasteiger partial charge in [0.1, 0.15) is 19.5 Å². The average Bonchev–Trinajstić information content (AvgIpc) is 3.30. The first-order chi connectivity index (χ1) is 13.8. The van der Waals surface area contributed by atoms with Gasteiger partial charge in [0.25, 0.3) is 0 Å². The first-order valence-electron chi connectivity index (χ1n) is 9.36. The van der Waals surface area contributed by atoms with Crippen molar-refractivity contribution in [2.24, 2.45) is 0 Å². The van der Waals surface area contributed by atoms with Crippen LogP contribution < -0.4 is 16.1 Å². The molecule has 1 aromatic carbocycles.